The zero-order valence-corrected chi connectivity index (χ0v) is 13.0. The molecule has 0 aromatic heterocycles. The van der Waals surface area contributed by atoms with Gasteiger partial charge in [-0.05, 0) is 38.0 Å². The number of benzene rings is 1. The molecular formula is C15H18F2N2O2S. The van der Waals surface area contributed by atoms with Gasteiger partial charge in [-0.15, -0.1) is 11.8 Å². The maximum Gasteiger partial charge on any atom is 0.235 e. The summed E-state index contributed by atoms with van der Waals surface area (Å²) >= 11 is 1.16. The maximum absolute atomic E-state index is 13.2. The third-order valence-corrected chi connectivity index (χ3v) is 4.77. The molecule has 2 atom stereocenters. The summed E-state index contributed by atoms with van der Waals surface area (Å²) in [4.78, 5) is 25.8. The standard InChI is InChI=1S/C15H18F2N2O2S/c1-9(22-11-4-5-12(16)13(17)7-11)15(21)19-6-2-3-10(8-19)14(18)20/h4-5,7,9-10H,2-3,6,8H2,1H3,(H2,18,20). The Labute approximate surface area is 132 Å². The van der Waals surface area contributed by atoms with Crippen LogP contribution in [0.2, 0.25) is 0 Å². The summed E-state index contributed by atoms with van der Waals surface area (Å²) in [5.74, 6) is -2.67. The van der Waals surface area contributed by atoms with Gasteiger partial charge in [0.05, 0.1) is 11.2 Å². The van der Waals surface area contributed by atoms with E-state index in [-0.39, 0.29) is 11.8 Å². The van der Waals surface area contributed by atoms with Crippen LogP contribution in [0.4, 0.5) is 8.78 Å². The molecule has 2 amide bonds. The molecule has 2 unspecified atom stereocenters. The monoisotopic (exact) mass is 328 g/mol. The van der Waals surface area contributed by atoms with E-state index in [9.17, 15) is 18.4 Å². The Morgan fingerprint density at radius 3 is 2.73 bits per heavy atom. The van der Waals surface area contributed by atoms with Gasteiger partial charge in [-0.1, -0.05) is 0 Å². The van der Waals surface area contributed by atoms with Crippen LogP contribution in [-0.2, 0) is 9.59 Å². The highest BCUT2D eigenvalue weighted by Crippen LogP contribution is 2.27. The predicted molar refractivity (Wildman–Crippen MR) is 80.2 cm³/mol. The van der Waals surface area contributed by atoms with Gasteiger partial charge in [0.25, 0.3) is 0 Å². The number of carbonyl (C=O) groups is 2. The smallest absolute Gasteiger partial charge is 0.235 e. The second-order valence-corrected chi connectivity index (χ2v) is 6.78. The summed E-state index contributed by atoms with van der Waals surface area (Å²) in [5, 5.41) is -0.448. The van der Waals surface area contributed by atoms with Crippen LogP contribution in [0, 0.1) is 17.6 Å². The van der Waals surface area contributed by atoms with Crippen LogP contribution in [0.3, 0.4) is 0 Å². The third-order valence-electron chi connectivity index (χ3n) is 3.69. The number of primary amides is 1. The van der Waals surface area contributed by atoms with E-state index in [2.05, 4.69) is 0 Å². The van der Waals surface area contributed by atoms with Gasteiger partial charge in [0, 0.05) is 18.0 Å². The summed E-state index contributed by atoms with van der Waals surface area (Å²) in [6.45, 7) is 2.63. The minimum absolute atomic E-state index is 0.124. The minimum Gasteiger partial charge on any atom is -0.369 e. The lowest BCUT2D eigenvalue weighted by molar-refractivity contribution is -0.134. The number of carbonyl (C=O) groups excluding carboxylic acids is 2. The lowest BCUT2D eigenvalue weighted by Gasteiger charge is -2.32. The van der Waals surface area contributed by atoms with Crippen LogP contribution in [-0.4, -0.2) is 35.1 Å². The first kappa shape index (κ1) is 16.7. The molecule has 0 radical (unpaired) electrons. The Bertz CT molecular complexity index is 583. The van der Waals surface area contributed by atoms with Gasteiger partial charge < -0.3 is 10.6 Å². The first-order valence-corrected chi connectivity index (χ1v) is 7.96. The fourth-order valence-corrected chi connectivity index (χ4v) is 3.45. The summed E-state index contributed by atoms with van der Waals surface area (Å²) in [6, 6.07) is 3.56. The molecule has 4 nitrogen and oxygen atoms in total. The van der Waals surface area contributed by atoms with Crippen molar-refractivity contribution in [3.8, 4) is 0 Å². The van der Waals surface area contributed by atoms with E-state index < -0.39 is 22.8 Å². The molecule has 1 aliphatic heterocycles. The zero-order chi connectivity index (χ0) is 16.3. The molecule has 120 valence electrons. The van der Waals surface area contributed by atoms with E-state index in [4.69, 9.17) is 5.73 Å². The average Bonchev–Trinajstić information content (AvgIpc) is 2.50. The largest absolute Gasteiger partial charge is 0.369 e. The number of hydrogen-bond donors (Lipinski definition) is 1. The molecule has 1 fully saturated rings. The maximum atomic E-state index is 13.2. The van der Waals surface area contributed by atoms with Gasteiger partial charge >= 0.3 is 0 Å². The highest BCUT2D eigenvalue weighted by Gasteiger charge is 2.29. The fourth-order valence-electron chi connectivity index (χ4n) is 2.47. The minimum atomic E-state index is -0.934. The van der Waals surface area contributed by atoms with Gasteiger partial charge in [-0.25, -0.2) is 8.78 Å². The molecule has 2 rings (SSSR count). The summed E-state index contributed by atoms with van der Waals surface area (Å²) in [5.41, 5.74) is 5.30. The second kappa shape index (κ2) is 7.09. The first-order valence-electron chi connectivity index (χ1n) is 7.08. The predicted octanol–water partition coefficient (Wildman–Crippen LogP) is 2.17. The Morgan fingerprint density at radius 1 is 1.36 bits per heavy atom. The lowest BCUT2D eigenvalue weighted by Crippen LogP contribution is -2.46. The van der Waals surface area contributed by atoms with E-state index >= 15 is 0 Å². The van der Waals surface area contributed by atoms with Crippen molar-refractivity contribution in [2.45, 2.75) is 29.9 Å². The van der Waals surface area contributed by atoms with Crippen molar-refractivity contribution >= 4 is 23.6 Å². The van der Waals surface area contributed by atoms with Gasteiger partial charge in [0.15, 0.2) is 11.6 Å². The second-order valence-electron chi connectivity index (χ2n) is 5.36. The highest BCUT2D eigenvalue weighted by molar-refractivity contribution is 8.00. The molecule has 1 saturated heterocycles. The van der Waals surface area contributed by atoms with E-state index in [0.717, 1.165) is 30.3 Å². The van der Waals surface area contributed by atoms with E-state index in [1.165, 1.54) is 6.07 Å². The van der Waals surface area contributed by atoms with Gasteiger partial charge in [-0.3, -0.25) is 9.59 Å². The van der Waals surface area contributed by atoms with Crippen molar-refractivity contribution in [2.75, 3.05) is 13.1 Å². The molecule has 1 aliphatic rings. The number of amides is 2. The first-order chi connectivity index (χ1) is 10.4. The molecule has 7 heteroatoms. The molecule has 0 spiro atoms. The SMILES string of the molecule is CC(Sc1ccc(F)c(F)c1)C(=O)N1CCCC(C(N)=O)C1. The van der Waals surface area contributed by atoms with Gasteiger partial charge in [0.2, 0.25) is 11.8 Å². The molecule has 0 aliphatic carbocycles. The Hall–Kier alpha value is -1.63. The Morgan fingerprint density at radius 2 is 2.09 bits per heavy atom. The summed E-state index contributed by atoms with van der Waals surface area (Å²) in [7, 11) is 0. The number of thioether (sulfide) groups is 1. The van der Waals surface area contributed by atoms with Crippen LogP contribution >= 0.6 is 11.8 Å². The average molecular weight is 328 g/mol. The van der Waals surface area contributed by atoms with Crippen molar-refractivity contribution in [3.63, 3.8) is 0 Å². The number of halogens is 2. The zero-order valence-electron chi connectivity index (χ0n) is 12.2. The van der Waals surface area contributed by atoms with Crippen LogP contribution in [0.15, 0.2) is 23.1 Å². The topological polar surface area (TPSA) is 63.4 Å². The lowest BCUT2D eigenvalue weighted by atomic mass is 9.97. The third kappa shape index (κ3) is 3.97. The van der Waals surface area contributed by atoms with E-state index in [1.807, 2.05) is 0 Å². The molecule has 0 bridgehead atoms. The Balaban J connectivity index is 1.99. The quantitative estimate of drug-likeness (QED) is 0.862. The normalized spacial score (nSPS) is 19.8. The summed E-state index contributed by atoms with van der Waals surface area (Å²) < 4.78 is 26.1. The molecule has 2 N–H and O–H groups in total. The number of likely N-dealkylation sites (tertiary alicyclic amines) is 1. The van der Waals surface area contributed by atoms with Crippen LogP contribution in [0.5, 0.6) is 0 Å². The van der Waals surface area contributed by atoms with E-state index in [1.54, 1.807) is 11.8 Å². The van der Waals surface area contributed by atoms with E-state index in [0.29, 0.717) is 24.4 Å². The van der Waals surface area contributed by atoms with Crippen molar-refractivity contribution in [3.05, 3.63) is 29.8 Å². The van der Waals surface area contributed by atoms with Crippen molar-refractivity contribution in [2.24, 2.45) is 11.7 Å². The number of nitrogens with zero attached hydrogens (tertiary/aromatic N) is 1. The number of piperidine rings is 1. The van der Waals surface area contributed by atoms with Crippen molar-refractivity contribution in [1.29, 1.82) is 0 Å². The van der Waals surface area contributed by atoms with Crippen LogP contribution in [0.25, 0.3) is 0 Å². The fraction of sp³-hybridized carbons (Fsp3) is 0.467. The number of hydrogen-bond acceptors (Lipinski definition) is 3. The molecule has 1 aromatic rings. The molecule has 22 heavy (non-hydrogen) atoms. The van der Waals surface area contributed by atoms with Crippen molar-refractivity contribution < 1.29 is 18.4 Å². The van der Waals surface area contributed by atoms with Crippen LogP contribution < -0.4 is 5.73 Å². The molecule has 1 aromatic carbocycles. The van der Waals surface area contributed by atoms with Gasteiger partial charge in [-0.2, -0.15) is 0 Å². The molecule has 0 saturated carbocycles. The highest BCUT2D eigenvalue weighted by atomic mass is 32.2. The number of nitrogens with two attached hydrogens (primary N) is 1. The Kier molecular flexibility index (Phi) is 5.39. The van der Waals surface area contributed by atoms with Gasteiger partial charge in [0.1, 0.15) is 0 Å². The molecular weight excluding hydrogens is 310 g/mol. The summed E-state index contributed by atoms with van der Waals surface area (Å²) in [6.07, 6.45) is 1.44. The van der Waals surface area contributed by atoms with Crippen LogP contribution in [0.1, 0.15) is 19.8 Å². The molecule has 1 heterocycles. The number of rotatable bonds is 4. The van der Waals surface area contributed by atoms with Crippen molar-refractivity contribution in [1.82, 2.24) is 4.90 Å².